The van der Waals surface area contributed by atoms with Gasteiger partial charge in [0.15, 0.2) is 6.23 Å². The number of ether oxygens (including phenoxy) is 2. The summed E-state index contributed by atoms with van der Waals surface area (Å²) in [6.07, 6.45) is 6.34. The van der Waals surface area contributed by atoms with Crippen LogP contribution in [0, 0.1) is 0 Å². The van der Waals surface area contributed by atoms with Crippen molar-refractivity contribution in [1.29, 1.82) is 0 Å². The second-order valence-corrected chi connectivity index (χ2v) is 11.0. The molecule has 2 saturated heterocycles. The van der Waals surface area contributed by atoms with Crippen molar-refractivity contribution in [3.05, 3.63) is 30.6 Å². The van der Waals surface area contributed by atoms with E-state index in [9.17, 15) is 4.57 Å². The number of rotatable bonds is 8. The SMILES string of the molecule is CCOP(=O)(OCC)c1cc(N2CCOC[C@H]2C)nc2c(-c3ccnn3C3CCCCO3)nccc12. The summed E-state index contributed by atoms with van der Waals surface area (Å²) in [4.78, 5) is 12.0. The molecule has 0 bridgehead atoms. The van der Waals surface area contributed by atoms with E-state index in [1.54, 1.807) is 12.4 Å². The van der Waals surface area contributed by atoms with Crippen LogP contribution in [-0.2, 0) is 23.1 Å². The first-order valence-corrected chi connectivity index (χ1v) is 14.3. The lowest BCUT2D eigenvalue weighted by Crippen LogP contribution is -2.44. The Balaban J connectivity index is 1.73. The molecule has 0 aliphatic carbocycles. The van der Waals surface area contributed by atoms with Crippen molar-refractivity contribution in [1.82, 2.24) is 19.7 Å². The Labute approximate surface area is 211 Å². The van der Waals surface area contributed by atoms with E-state index in [1.807, 2.05) is 36.7 Å². The fourth-order valence-corrected chi connectivity index (χ4v) is 6.70. The largest absolute Gasteiger partial charge is 0.377 e. The fourth-order valence-electron chi connectivity index (χ4n) is 4.91. The number of nitrogens with zero attached hydrogens (tertiary/aromatic N) is 5. The lowest BCUT2D eigenvalue weighted by molar-refractivity contribution is -0.0383. The van der Waals surface area contributed by atoms with Crippen LogP contribution in [-0.4, -0.2) is 65.4 Å². The minimum absolute atomic E-state index is 0.108. The van der Waals surface area contributed by atoms with Crippen molar-refractivity contribution >= 4 is 29.6 Å². The Morgan fingerprint density at radius 1 is 1.14 bits per heavy atom. The van der Waals surface area contributed by atoms with Gasteiger partial charge in [0.1, 0.15) is 17.0 Å². The van der Waals surface area contributed by atoms with E-state index in [4.69, 9.17) is 28.5 Å². The third-order valence-corrected chi connectivity index (χ3v) is 8.75. The Bertz CT molecular complexity index is 1230. The normalized spacial score (nSPS) is 21.2. The highest BCUT2D eigenvalue weighted by atomic mass is 31.2. The van der Waals surface area contributed by atoms with Crippen LogP contribution in [0.2, 0.25) is 0 Å². The first kappa shape index (κ1) is 25.3. The number of aromatic nitrogens is 4. The van der Waals surface area contributed by atoms with Crippen LogP contribution < -0.4 is 10.2 Å². The molecule has 5 heterocycles. The lowest BCUT2D eigenvalue weighted by atomic mass is 10.1. The maximum atomic E-state index is 14.1. The minimum Gasteiger partial charge on any atom is -0.377 e. The van der Waals surface area contributed by atoms with E-state index >= 15 is 0 Å². The zero-order valence-corrected chi connectivity index (χ0v) is 22.0. The second kappa shape index (κ2) is 10.9. The molecule has 11 heteroatoms. The van der Waals surface area contributed by atoms with Crippen LogP contribution in [0.5, 0.6) is 0 Å². The maximum absolute atomic E-state index is 14.1. The van der Waals surface area contributed by atoms with E-state index < -0.39 is 7.60 Å². The molecule has 0 N–H and O–H groups in total. The van der Waals surface area contributed by atoms with E-state index in [2.05, 4.69) is 16.9 Å². The molecule has 194 valence electrons. The van der Waals surface area contributed by atoms with E-state index in [0.717, 1.165) is 25.0 Å². The Kier molecular flexibility index (Phi) is 7.69. The molecule has 2 atom stereocenters. The summed E-state index contributed by atoms with van der Waals surface area (Å²) in [6, 6.07) is 5.71. The lowest BCUT2D eigenvalue weighted by Gasteiger charge is -2.35. The van der Waals surface area contributed by atoms with E-state index in [0.29, 0.717) is 54.1 Å². The molecule has 2 aliphatic heterocycles. The van der Waals surface area contributed by atoms with Crippen molar-refractivity contribution in [3.63, 3.8) is 0 Å². The Morgan fingerprint density at radius 2 is 1.97 bits per heavy atom. The third-order valence-electron chi connectivity index (χ3n) is 6.59. The molecular formula is C25H34N5O5P. The second-order valence-electron chi connectivity index (χ2n) is 8.99. The van der Waals surface area contributed by atoms with Crippen molar-refractivity contribution < 1.29 is 23.1 Å². The molecule has 2 aliphatic rings. The molecule has 0 saturated carbocycles. The van der Waals surface area contributed by atoms with Crippen LogP contribution in [0.1, 0.15) is 46.3 Å². The quantitative estimate of drug-likeness (QED) is 0.406. The standard InChI is InChI=1S/C25H34N5O5P/c1-4-34-36(31,35-5-2)21-16-22(29-13-15-32-17-18(29)3)28-24-19(21)9-11-26-25(24)20-10-12-27-30(20)23-8-6-7-14-33-23/h9-12,16,18,23H,4-8,13-15,17H2,1-3H3/t18-,23?/m1/s1. The van der Waals surface area contributed by atoms with Crippen LogP contribution in [0.4, 0.5) is 5.82 Å². The third kappa shape index (κ3) is 4.80. The van der Waals surface area contributed by atoms with Crippen molar-refractivity contribution in [2.45, 2.75) is 52.3 Å². The molecule has 2 fully saturated rings. The monoisotopic (exact) mass is 515 g/mol. The fraction of sp³-hybridized carbons (Fsp3) is 0.560. The average Bonchev–Trinajstić information content (AvgIpc) is 3.38. The number of anilines is 1. The van der Waals surface area contributed by atoms with Gasteiger partial charge in [0, 0.05) is 30.9 Å². The Morgan fingerprint density at radius 3 is 2.69 bits per heavy atom. The summed E-state index contributed by atoms with van der Waals surface area (Å²) in [5.41, 5.74) is 2.09. The van der Waals surface area contributed by atoms with Gasteiger partial charge in [-0.05, 0) is 58.2 Å². The molecule has 3 aromatic rings. The molecule has 10 nitrogen and oxygen atoms in total. The first-order chi connectivity index (χ1) is 17.6. The molecule has 5 rings (SSSR count). The highest BCUT2D eigenvalue weighted by molar-refractivity contribution is 7.62. The first-order valence-electron chi connectivity index (χ1n) is 12.7. The summed E-state index contributed by atoms with van der Waals surface area (Å²) < 4.78 is 39.2. The smallest absolute Gasteiger partial charge is 0.362 e. The topological polar surface area (TPSA) is 101 Å². The molecular weight excluding hydrogens is 481 g/mol. The summed E-state index contributed by atoms with van der Waals surface area (Å²) in [6.45, 7) is 8.81. The van der Waals surface area contributed by atoms with Crippen LogP contribution >= 0.6 is 7.60 Å². The molecule has 0 amide bonds. The van der Waals surface area contributed by atoms with Gasteiger partial charge in [-0.1, -0.05) is 0 Å². The van der Waals surface area contributed by atoms with Gasteiger partial charge in [0.05, 0.1) is 43.5 Å². The molecule has 0 radical (unpaired) electrons. The highest BCUT2D eigenvalue weighted by Crippen LogP contribution is 2.49. The highest BCUT2D eigenvalue weighted by Gasteiger charge is 2.33. The summed E-state index contributed by atoms with van der Waals surface area (Å²) in [7, 11) is -3.62. The maximum Gasteiger partial charge on any atom is 0.362 e. The van der Waals surface area contributed by atoms with Crippen LogP contribution in [0.25, 0.3) is 22.3 Å². The number of pyridine rings is 2. The zero-order chi connectivity index (χ0) is 25.1. The van der Waals surface area contributed by atoms with Crippen molar-refractivity contribution in [2.75, 3.05) is 44.5 Å². The van der Waals surface area contributed by atoms with Gasteiger partial charge in [-0.15, -0.1) is 0 Å². The average molecular weight is 516 g/mol. The molecule has 0 spiro atoms. The molecule has 0 aromatic carbocycles. The minimum atomic E-state index is -3.62. The van der Waals surface area contributed by atoms with Gasteiger partial charge in [-0.25, -0.2) is 9.67 Å². The van der Waals surface area contributed by atoms with E-state index in [1.165, 1.54) is 0 Å². The van der Waals surface area contributed by atoms with Gasteiger partial charge in [0.25, 0.3) is 0 Å². The Hall–Kier alpha value is -2.36. The van der Waals surface area contributed by atoms with Gasteiger partial charge in [-0.2, -0.15) is 5.10 Å². The predicted octanol–water partition coefficient (Wildman–Crippen LogP) is 4.31. The molecule has 1 unspecified atom stereocenters. The summed E-state index contributed by atoms with van der Waals surface area (Å²) >= 11 is 0. The van der Waals surface area contributed by atoms with Crippen molar-refractivity contribution in [2.24, 2.45) is 0 Å². The molecule has 3 aromatic heterocycles. The molecule has 36 heavy (non-hydrogen) atoms. The summed E-state index contributed by atoms with van der Waals surface area (Å²) in [5, 5.41) is 5.75. The number of hydrogen-bond donors (Lipinski definition) is 0. The van der Waals surface area contributed by atoms with Crippen LogP contribution in [0.3, 0.4) is 0 Å². The van der Waals surface area contributed by atoms with Gasteiger partial charge in [0.2, 0.25) is 0 Å². The van der Waals surface area contributed by atoms with Gasteiger partial charge >= 0.3 is 7.60 Å². The van der Waals surface area contributed by atoms with Crippen LogP contribution in [0.15, 0.2) is 30.6 Å². The van der Waals surface area contributed by atoms with E-state index in [-0.39, 0.29) is 25.5 Å². The van der Waals surface area contributed by atoms with Gasteiger partial charge < -0.3 is 23.4 Å². The van der Waals surface area contributed by atoms with Crippen molar-refractivity contribution in [3.8, 4) is 11.4 Å². The summed E-state index contributed by atoms with van der Waals surface area (Å²) in [5.74, 6) is 0.696. The predicted molar refractivity (Wildman–Crippen MR) is 138 cm³/mol. The number of hydrogen-bond acceptors (Lipinski definition) is 9. The number of morpholine rings is 1. The number of fused-ring (bicyclic) bond motifs is 1. The van der Waals surface area contributed by atoms with Gasteiger partial charge in [-0.3, -0.25) is 9.55 Å². The zero-order valence-electron chi connectivity index (χ0n) is 21.1.